The lowest BCUT2D eigenvalue weighted by molar-refractivity contribution is 0.999. The average molecular weight is 299 g/mol. The van der Waals surface area contributed by atoms with Crippen molar-refractivity contribution in [2.45, 2.75) is 12.8 Å². The molecule has 0 saturated heterocycles. The molecule has 0 N–H and O–H groups in total. The molecule has 4 rings (SSSR count). The largest absolute Gasteiger partial charge is 0.223 e. The minimum atomic E-state index is 0.325. The van der Waals surface area contributed by atoms with Crippen LogP contribution in [0.5, 0.6) is 0 Å². The fraction of sp³-hybridized carbons (Fsp3) is 0.125. The van der Waals surface area contributed by atoms with Crippen LogP contribution in [0.3, 0.4) is 0 Å². The molecule has 3 aromatic rings. The molecule has 0 aliphatic heterocycles. The molecule has 20 heavy (non-hydrogen) atoms. The van der Waals surface area contributed by atoms with Gasteiger partial charge in [0.2, 0.25) is 5.28 Å². The first-order valence-electron chi connectivity index (χ1n) is 6.54. The standard InChI is InChI=1S/C16H11ClN2S/c17-16-18-13(10-6-2-1-3-7-10)15-14(19-16)11-8-4-5-9-12(11)20-15/h1-3,5-7,9H,4,8H2. The van der Waals surface area contributed by atoms with E-state index in [-0.39, 0.29) is 0 Å². The fourth-order valence-electron chi connectivity index (χ4n) is 2.60. The van der Waals surface area contributed by atoms with Crippen LogP contribution < -0.4 is 0 Å². The Morgan fingerprint density at radius 3 is 2.80 bits per heavy atom. The van der Waals surface area contributed by atoms with Crippen LogP contribution in [0, 0.1) is 0 Å². The van der Waals surface area contributed by atoms with Crippen molar-refractivity contribution in [1.29, 1.82) is 0 Å². The third-order valence-electron chi connectivity index (χ3n) is 3.51. The van der Waals surface area contributed by atoms with Gasteiger partial charge in [-0.3, -0.25) is 0 Å². The van der Waals surface area contributed by atoms with Gasteiger partial charge in [-0.05, 0) is 36.1 Å². The van der Waals surface area contributed by atoms with Gasteiger partial charge in [0, 0.05) is 10.4 Å². The quantitative estimate of drug-likeness (QED) is 0.593. The Morgan fingerprint density at radius 1 is 1.10 bits per heavy atom. The zero-order valence-corrected chi connectivity index (χ0v) is 12.2. The van der Waals surface area contributed by atoms with Gasteiger partial charge < -0.3 is 0 Å². The molecule has 0 unspecified atom stereocenters. The third kappa shape index (κ3) is 1.86. The van der Waals surface area contributed by atoms with Crippen molar-refractivity contribution < 1.29 is 0 Å². The normalized spacial score (nSPS) is 13.7. The summed E-state index contributed by atoms with van der Waals surface area (Å²) in [4.78, 5) is 10.2. The zero-order chi connectivity index (χ0) is 13.5. The van der Waals surface area contributed by atoms with Crippen LogP contribution >= 0.6 is 22.9 Å². The number of fused-ring (bicyclic) bond motifs is 3. The van der Waals surface area contributed by atoms with E-state index in [4.69, 9.17) is 11.6 Å². The third-order valence-corrected chi connectivity index (χ3v) is 4.87. The summed E-state index contributed by atoms with van der Waals surface area (Å²) in [5.74, 6) is 0. The van der Waals surface area contributed by atoms with E-state index in [1.165, 1.54) is 10.4 Å². The molecule has 0 amide bonds. The van der Waals surface area contributed by atoms with Gasteiger partial charge in [0.05, 0.1) is 15.9 Å². The van der Waals surface area contributed by atoms with E-state index >= 15 is 0 Å². The Balaban J connectivity index is 2.07. The van der Waals surface area contributed by atoms with Gasteiger partial charge in [-0.15, -0.1) is 11.3 Å². The first-order chi connectivity index (χ1) is 9.83. The monoisotopic (exact) mass is 298 g/mol. The lowest BCUT2D eigenvalue weighted by atomic mass is 10.0. The molecule has 0 bridgehead atoms. The minimum absolute atomic E-state index is 0.325. The Morgan fingerprint density at radius 2 is 1.95 bits per heavy atom. The molecule has 2 heterocycles. The second-order valence-electron chi connectivity index (χ2n) is 4.77. The zero-order valence-electron chi connectivity index (χ0n) is 10.6. The molecule has 1 aliphatic carbocycles. The van der Waals surface area contributed by atoms with Crippen LogP contribution in [-0.4, -0.2) is 9.97 Å². The van der Waals surface area contributed by atoms with E-state index in [0.29, 0.717) is 5.28 Å². The topological polar surface area (TPSA) is 25.8 Å². The number of nitrogens with zero attached hydrogens (tertiary/aromatic N) is 2. The molecule has 0 atom stereocenters. The number of rotatable bonds is 1. The fourth-order valence-corrected chi connectivity index (χ4v) is 4.00. The second-order valence-corrected chi connectivity index (χ2v) is 6.16. The number of benzene rings is 1. The van der Waals surface area contributed by atoms with Crippen LogP contribution in [-0.2, 0) is 6.42 Å². The predicted octanol–water partition coefficient (Wildman–Crippen LogP) is 4.97. The number of aryl methyl sites for hydroxylation is 1. The lowest BCUT2D eigenvalue weighted by Crippen LogP contribution is -1.93. The second kappa shape index (κ2) is 4.69. The maximum atomic E-state index is 6.14. The molecule has 0 spiro atoms. The van der Waals surface area contributed by atoms with Gasteiger partial charge in [-0.2, -0.15) is 0 Å². The van der Waals surface area contributed by atoms with Crippen molar-refractivity contribution in [2.24, 2.45) is 0 Å². The van der Waals surface area contributed by atoms with E-state index in [1.807, 2.05) is 18.2 Å². The van der Waals surface area contributed by atoms with Crippen molar-refractivity contribution in [2.75, 3.05) is 0 Å². The first-order valence-corrected chi connectivity index (χ1v) is 7.73. The number of halogens is 1. The summed E-state index contributed by atoms with van der Waals surface area (Å²) in [5, 5.41) is 0.325. The SMILES string of the molecule is Clc1nc(-c2ccccc2)c2sc3c(c2n1)CCC=C3. The number of allylic oxidation sites excluding steroid dienone is 1. The summed E-state index contributed by atoms with van der Waals surface area (Å²) >= 11 is 7.90. The first kappa shape index (κ1) is 12.1. The Hall–Kier alpha value is -1.71. The van der Waals surface area contributed by atoms with E-state index in [1.54, 1.807) is 11.3 Å². The van der Waals surface area contributed by atoms with Crippen molar-refractivity contribution in [3.8, 4) is 11.3 Å². The van der Waals surface area contributed by atoms with E-state index in [0.717, 1.165) is 34.3 Å². The van der Waals surface area contributed by atoms with Crippen molar-refractivity contribution in [1.82, 2.24) is 9.97 Å². The number of hydrogen-bond donors (Lipinski definition) is 0. The molecule has 2 aromatic heterocycles. The highest BCUT2D eigenvalue weighted by molar-refractivity contribution is 7.20. The Kier molecular flexibility index (Phi) is 2.83. The maximum absolute atomic E-state index is 6.14. The molecule has 1 aliphatic rings. The smallest absolute Gasteiger partial charge is 0.217 e. The van der Waals surface area contributed by atoms with Crippen LogP contribution in [0.1, 0.15) is 16.9 Å². The van der Waals surface area contributed by atoms with Gasteiger partial charge in [-0.1, -0.05) is 36.4 Å². The van der Waals surface area contributed by atoms with E-state index in [9.17, 15) is 0 Å². The van der Waals surface area contributed by atoms with Crippen molar-refractivity contribution >= 4 is 39.2 Å². The minimum Gasteiger partial charge on any atom is -0.217 e. The van der Waals surface area contributed by atoms with Crippen molar-refractivity contribution in [3.05, 3.63) is 52.1 Å². The summed E-state index contributed by atoms with van der Waals surface area (Å²) in [6.45, 7) is 0. The maximum Gasteiger partial charge on any atom is 0.223 e. The summed E-state index contributed by atoms with van der Waals surface area (Å²) in [5.41, 5.74) is 4.36. The Bertz CT molecular complexity index is 821. The number of thiophene rings is 1. The van der Waals surface area contributed by atoms with Gasteiger partial charge in [0.15, 0.2) is 0 Å². The van der Waals surface area contributed by atoms with Crippen LogP contribution in [0.4, 0.5) is 0 Å². The molecule has 0 radical (unpaired) electrons. The molecular formula is C16H11ClN2S. The molecule has 4 heteroatoms. The average Bonchev–Trinajstić information content (AvgIpc) is 2.86. The summed E-state index contributed by atoms with van der Waals surface area (Å²) in [7, 11) is 0. The predicted molar refractivity (Wildman–Crippen MR) is 85.2 cm³/mol. The molecule has 0 fully saturated rings. The number of hydrogen-bond acceptors (Lipinski definition) is 3. The van der Waals surface area contributed by atoms with E-state index in [2.05, 4.69) is 34.3 Å². The molecule has 2 nitrogen and oxygen atoms in total. The summed E-state index contributed by atoms with van der Waals surface area (Å²) in [6, 6.07) is 10.2. The number of aromatic nitrogens is 2. The van der Waals surface area contributed by atoms with E-state index < -0.39 is 0 Å². The molecule has 98 valence electrons. The van der Waals surface area contributed by atoms with Crippen LogP contribution in [0.2, 0.25) is 5.28 Å². The highest BCUT2D eigenvalue weighted by atomic mass is 35.5. The molecular weight excluding hydrogens is 288 g/mol. The lowest BCUT2D eigenvalue weighted by Gasteiger charge is -2.05. The van der Waals surface area contributed by atoms with Crippen LogP contribution in [0.25, 0.3) is 27.6 Å². The van der Waals surface area contributed by atoms with Gasteiger partial charge >= 0.3 is 0 Å². The summed E-state index contributed by atoms with van der Waals surface area (Å²) in [6.07, 6.45) is 6.51. The van der Waals surface area contributed by atoms with Crippen LogP contribution in [0.15, 0.2) is 36.4 Å². The molecule has 1 aromatic carbocycles. The van der Waals surface area contributed by atoms with Gasteiger partial charge in [0.25, 0.3) is 0 Å². The molecule has 0 saturated carbocycles. The van der Waals surface area contributed by atoms with Gasteiger partial charge in [-0.25, -0.2) is 9.97 Å². The Labute approximate surface area is 125 Å². The summed E-state index contributed by atoms with van der Waals surface area (Å²) < 4.78 is 1.14. The highest BCUT2D eigenvalue weighted by Crippen LogP contribution is 2.39. The van der Waals surface area contributed by atoms with Gasteiger partial charge in [0.1, 0.15) is 0 Å². The van der Waals surface area contributed by atoms with Crippen molar-refractivity contribution in [3.63, 3.8) is 0 Å². The highest BCUT2D eigenvalue weighted by Gasteiger charge is 2.18.